The lowest BCUT2D eigenvalue weighted by Crippen LogP contribution is -2.48. The van der Waals surface area contributed by atoms with E-state index in [1.165, 1.54) is 31.3 Å². The minimum absolute atomic E-state index is 0.0327. The Bertz CT molecular complexity index is 786. The lowest BCUT2D eigenvalue weighted by molar-refractivity contribution is -0.116. The number of hydrogen-bond donors (Lipinski definition) is 1. The first kappa shape index (κ1) is 22.1. The summed E-state index contributed by atoms with van der Waals surface area (Å²) in [6.45, 7) is 14.2. The molecule has 2 fully saturated rings. The standard InChI is InChI=1S/C28H42O2/c1-17(2)18(3)7-8-19(4)22-9-10-23-21-16-26(30)25-15-20(29)11-13-28(25,6)24(21)12-14-27(22,23)5/h7-8,15-19,22-24,26,30H,9-14H2,1-6H3/b8-7+/t18-,19+,22+,23-,24-,26-,27+,28+/m0/s1. The molecule has 0 aromatic heterocycles. The summed E-state index contributed by atoms with van der Waals surface area (Å²) in [5, 5.41) is 11.0. The number of carbonyl (C=O) groups excluding carboxylic acids is 1. The van der Waals surface area contributed by atoms with Crippen LogP contribution in [0, 0.1) is 46.3 Å². The summed E-state index contributed by atoms with van der Waals surface area (Å²) in [4.78, 5) is 12.1. The molecule has 4 aliphatic carbocycles. The molecule has 166 valence electrons. The Morgan fingerprint density at radius 1 is 1.03 bits per heavy atom. The number of allylic oxidation sites excluding steroid dienone is 4. The molecule has 4 rings (SSSR count). The van der Waals surface area contributed by atoms with Gasteiger partial charge < -0.3 is 5.11 Å². The summed E-state index contributed by atoms with van der Waals surface area (Å²) in [6.07, 6.45) is 14.8. The van der Waals surface area contributed by atoms with Crippen LogP contribution < -0.4 is 0 Å². The fraction of sp³-hybridized carbons (Fsp3) is 0.750. The van der Waals surface area contributed by atoms with E-state index in [-0.39, 0.29) is 11.2 Å². The second-order valence-electron chi connectivity index (χ2n) is 11.8. The highest BCUT2D eigenvalue weighted by molar-refractivity contribution is 5.92. The van der Waals surface area contributed by atoms with E-state index in [0.29, 0.717) is 41.4 Å². The van der Waals surface area contributed by atoms with Crippen LogP contribution in [0.3, 0.4) is 0 Å². The van der Waals surface area contributed by atoms with Crippen molar-refractivity contribution >= 4 is 5.78 Å². The van der Waals surface area contributed by atoms with Gasteiger partial charge in [0.1, 0.15) is 0 Å². The van der Waals surface area contributed by atoms with Crippen LogP contribution in [-0.2, 0) is 4.79 Å². The molecule has 8 atom stereocenters. The topological polar surface area (TPSA) is 37.3 Å². The number of carbonyl (C=O) groups is 1. The van der Waals surface area contributed by atoms with E-state index in [4.69, 9.17) is 0 Å². The van der Waals surface area contributed by atoms with E-state index < -0.39 is 6.10 Å². The van der Waals surface area contributed by atoms with Crippen molar-refractivity contribution in [3.05, 3.63) is 35.5 Å². The number of rotatable bonds is 4. The lowest BCUT2D eigenvalue weighted by atomic mass is 9.49. The van der Waals surface area contributed by atoms with Gasteiger partial charge in [-0.25, -0.2) is 0 Å². The molecule has 0 aliphatic heterocycles. The quantitative estimate of drug-likeness (QED) is 0.536. The number of fused-ring (bicyclic) bond motifs is 5. The molecule has 0 saturated heterocycles. The zero-order chi connectivity index (χ0) is 21.8. The fourth-order valence-corrected chi connectivity index (χ4v) is 7.53. The van der Waals surface area contributed by atoms with Crippen molar-refractivity contribution in [1.29, 1.82) is 0 Å². The molecule has 0 radical (unpaired) electrons. The third-order valence-corrected chi connectivity index (χ3v) is 9.90. The van der Waals surface area contributed by atoms with E-state index in [2.05, 4.69) is 59.8 Å². The molecule has 1 N–H and O–H groups in total. The Kier molecular flexibility index (Phi) is 5.71. The van der Waals surface area contributed by atoms with Crippen molar-refractivity contribution in [3.8, 4) is 0 Å². The van der Waals surface area contributed by atoms with Crippen molar-refractivity contribution in [2.24, 2.45) is 46.3 Å². The summed E-state index contributed by atoms with van der Waals surface area (Å²) >= 11 is 0. The minimum Gasteiger partial charge on any atom is -0.385 e. The SMILES string of the molecule is CC(C)[C@@H](C)/C=C/[C@@H](C)[C@H]1CC[C@H]2C3=C[C@H](O)C4=CC(=O)CC[C@]4(C)[C@H]3CC[C@]12C. The second-order valence-corrected chi connectivity index (χ2v) is 11.8. The van der Waals surface area contributed by atoms with Gasteiger partial charge in [-0.2, -0.15) is 0 Å². The van der Waals surface area contributed by atoms with Crippen LogP contribution in [0.2, 0.25) is 0 Å². The van der Waals surface area contributed by atoms with Crippen molar-refractivity contribution < 1.29 is 9.90 Å². The Labute approximate surface area is 183 Å². The molecule has 2 saturated carbocycles. The number of aliphatic hydroxyl groups excluding tert-OH is 1. The Balaban J connectivity index is 1.61. The summed E-state index contributed by atoms with van der Waals surface area (Å²) in [5.41, 5.74) is 2.81. The molecular formula is C28H42O2. The molecule has 0 heterocycles. The first-order chi connectivity index (χ1) is 14.1. The molecule has 0 unspecified atom stereocenters. The summed E-state index contributed by atoms with van der Waals surface area (Å²) in [5.74, 6) is 3.92. The average Bonchev–Trinajstić information content (AvgIpc) is 3.04. The molecule has 30 heavy (non-hydrogen) atoms. The van der Waals surface area contributed by atoms with Gasteiger partial charge in [-0.3, -0.25) is 4.79 Å². The molecule has 0 aromatic carbocycles. The number of ketones is 1. The molecule has 0 spiro atoms. The van der Waals surface area contributed by atoms with Gasteiger partial charge in [-0.1, -0.05) is 65.3 Å². The van der Waals surface area contributed by atoms with Gasteiger partial charge in [0.05, 0.1) is 6.10 Å². The monoisotopic (exact) mass is 410 g/mol. The number of hydrogen-bond acceptors (Lipinski definition) is 2. The van der Waals surface area contributed by atoms with E-state index >= 15 is 0 Å². The zero-order valence-corrected chi connectivity index (χ0v) is 19.9. The maximum absolute atomic E-state index is 12.1. The van der Waals surface area contributed by atoms with Gasteiger partial charge >= 0.3 is 0 Å². The predicted molar refractivity (Wildman–Crippen MR) is 124 cm³/mol. The molecule has 0 aromatic rings. The average molecular weight is 411 g/mol. The maximum atomic E-state index is 12.1. The predicted octanol–water partition coefficient (Wildman–Crippen LogP) is 6.51. The normalized spacial score (nSPS) is 43.0. The molecule has 2 heteroatoms. The zero-order valence-electron chi connectivity index (χ0n) is 19.9. The van der Waals surface area contributed by atoms with E-state index in [1.54, 1.807) is 6.08 Å². The smallest absolute Gasteiger partial charge is 0.155 e. The number of aliphatic hydroxyl groups is 1. The molecule has 2 nitrogen and oxygen atoms in total. The largest absolute Gasteiger partial charge is 0.385 e. The van der Waals surface area contributed by atoms with Gasteiger partial charge in [0.2, 0.25) is 0 Å². The van der Waals surface area contributed by atoms with E-state index in [1.807, 2.05) is 0 Å². The van der Waals surface area contributed by atoms with Crippen molar-refractivity contribution in [3.63, 3.8) is 0 Å². The highest BCUT2D eigenvalue weighted by Crippen LogP contribution is 2.66. The van der Waals surface area contributed by atoms with Crippen molar-refractivity contribution in [2.45, 2.75) is 86.2 Å². The molecule has 4 aliphatic rings. The Morgan fingerprint density at radius 3 is 2.47 bits per heavy atom. The van der Waals surface area contributed by atoms with E-state index in [9.17, 15) is 9.90 Å². The van der Waals surface area contributed by atoms with Crippen LogP contribution in [0.25, 0.3) is 0 Å². The van der Waals surface area contributed by atoms with Crippen LogP contribution in [0.15, 0.2) is 35.5 Å². The summed E-state index contributed by atoms with van der Waals surface area (Å²) in [7, 11) is 0. The Hall–Kier alpha value is -1.15. The van der Waals surface area contributed by atoms with Crippen molar-refractivity contribution in [1.82, 2.24) is 0 Å². The van der Waals surface area contributed by atoms with Crippen molar-refractivity contribution in [2.75, 3.05) is 0 Å². The van der Waals surface area contributed by atoms with Crippen LogP contribution in [-0.4, -0.2) is 17.0 Å². The van der Waals surface area contributed by atoms with Gasteiger partial charge in [-0.05, 0) is 90.1 Å². The molecular weight excluding hydrogens is 368 g/mol. The van der Waals surface area contributed by atoms with Gasteiger partial charge in [0, 0.05) is 6.42 Å². The maximum Gasteiger partial charge on any atom is 0.155 e. The summed E-state index contributed by atoms with van der Waals surface area (Å²) in [6, 6.07) is 0. The van der Waals surface area contributed by atoms with Crippen LogP contribution in [0.5, 0.6) is 0 Å². The fourth-order valence-electron chi connectivity index (χ4n) is 7.53. The highest BCUT2D eigenvalue weighted by Gasteiger charge is 2.57. The third kappa shape index (κ3) is 3.38. The first-order valence-electron chi connectivity index (χ1n) is 12.4. The molecule has 0 amide bonds. The van der Waals surface area contributed by atoms with Gasteiger partial charge in [-0.15, -0.1) is 0 Å². The summed E-state index contributed by atoms with van der Waals surface area (Å²) < 4.78 is 0. The lowest BCUT2D eigenvalue weighted by Gasteiger charge is -2.55. The van der Waals surface area contributed by atoms with Crippen LogP contribution >= 0.6 is 0 Å². The minimum atomic E-state index is -0.573. The van der Waals surface area contributed by atoms with Gasteiger partial charge in [0.15, 0.2) is 5.78 Å². The second kappa shape index (κ2) is 7.76. The Morgan fingerprint density at radius 2 is 1.77 bits per heavy atom. The van der Waals surface area contributed by atoms with E-state index in [0.717, 1.165) is 17.9 Å². The van der Waals surface area contributed by atoms with Gasteiger partial charge in [0.25, 0.3) is 0 Å². The van der Waals surface area contributed by atoms with Crippen LogP contribution in [0.1, 0.15) is 80.1 Å². The van der Waals surface area contributed by atoms with Crippen LogP contribution in [0.4, 0.5) is 0 Å². The first-order valence-corrected chi connectivity index (χ1v) is 12.4. The molecule has 0 bridgehead atoms. The highest BCUT2D eigenvalue weighted by atomic mass is 16.3. The third-order valence-electron chi connectivity index (χ3n) is 9.90.